The first kappa shape index (κ1) is 16.4. The van der Waals surface area contributed by atoms with Crippen molar-refractivity contribution in [2.24, 2.45) is 0 Å². The van der Waals surface area contributed by atoms with Crippen molar-refractivity contribution in [2.45, 2.75) is 18.8 Å². The third-order valence-electron chi connectivity index (χ3n) is 5.17. The number of benzene rings is 2. The zero-order valence-corrected chi connectivity index (χ0v) is 16.1. The van der Waals surface area contributed by atoms with E-state index in [0.717, 1.165) is 33.4 Å². The molecule has 1 aliphatic carbocycles. The van der Waals surface area contributed by atoms with Crippen LogP contribution in [0.1, 0.15) is 34.0 Å². The van der Waals surface area contributed by atoms with E-state index in [-0.39, 0.29) is 11.7 Å². The van der Waals surface area contributed by atoms with E-state index in [1.165, 1.54) is 5.56 Å². The average Bonchev–Trinajstić information content (AvgIpc) is 3.11. The fraction of sp³-hybridized carbons (Fsp3) is 0.136. The lowest BCUT2D eigenvalue weighted by molar-refractivity contribution is 0.0962. The summed E-state index contributed by atoms with van der Waals surface area (Å²) in [4.78, 5) is 17.6. The Balaban J connectivity index is 1.61. The van der Waals surface area contributed by atoms with Crippen LogP contribution in [0.15, 0.2) is 71.5 Å². The number of fused-ring (bicyclic) bond motifs is 2. The molecule has 0 fully saturated rings. The lowest BCUT2D eigenvalue weighted by Crippen LogP contribution is -2.21. The molecule has 4 nitrogen and oxygen atoms in total. The number of nitrogens with zero attached hydrogens (tertiary/aromatic N) is 3. The molecule has 2 heterocycles. The Morgan fingerprint density at radius 2 is 1.74 bits per heavy atom. The molecule has 0 aliphatic heterocycles. The monoisotopic (exact) mass is 417 g/mol. The minimum atomic E-state index is 0.139. The Bertz CT molecular complexity index is 1150. The van der Waals surface area contributed by atoms with E-state index in [1.807, 2.05) is 54.9 Å². The predicted octanol–water partition coefficient (Wildman–Crippen LogP) is 5.07. The van der Waals surface area contributed by atoms with Gasteiger partial charge in [0.2, 0.25) is 0 Å². The van der Waals surface area contributed by atoms with E-state index in [2.05, 4.69) is 33.2 Å². The Hall–Kier alpha value is -2.79. The van der Waals surface area contributed by atoms with Crippen LogP contribution in [0.4, 0.5) is 0 Å². The molecule has 1 unspecified atom stereocenters. The molecular weight excluding hydrogens is 402 g/mol. The zero-order chi connectivity index (χ0) is 18.4. The number of aromatic nitrogens is 3. The number of carbonyl (C=O) groups is 1. The number of halogens is 1. The highest BCUT2D eigenvalue weighted by atomic mass is 79.9. The summed E-state index contributed by atoms with van der Waals surface area (Å²) in [6.45, 7) is 0. The van der Waals surface area contributed by atoms with Crippen molar-refractivity contribution in [2.75, 3.05) is 0 Å². The van der Waals surface area contributed by atoms with E-state index < -0.39 is 0 Å². The second-order valence-electron chi connectivity index (χ2n) is 6.87. The van der Waals surface area contributed by atoms with Crippen LogP contribution >= 0.6 is 15.9 Å². The largest absolute Gasteiger partial charge is 0.294 e. The molecule has 2 aromatic carbocycles. The quantitative estimate of drug-likeness (QED) is 0.457. The van der Waals surface area contributed by atoms with E-state index in [4.69, 9.17) is 4.98 Å². The second-order valence-corrected chi connectivity index (χ2v) is 7.79. The topological polar surface area (TPSA) is 47.3 Å². The maximum Gasteiger partial charge on any atom is 0.166 e. The smallest absolute Gasteiger partial charge is 0.166 e. The molecule has 0 radical (unpaired) electrons. The SMILES string of the molecule is O=C1CC(c2ccccc2)Cc2nc3c(-c4ccc(Br)cc4)cnn3cc21. The van der Waals surface area contributed by atoms with E-state index >= 15 is 0 Å². The highest BCUT2D eigenvalue weighted by molar-refractivity contribution is 9.10. The molecular formula is C22H16BrN3O. The first-order chi connectivity index (χ1) is 13.2. The van der Waals surface area contributed by atoms with Gasteiger partial charge in [0.15, 0.2) is 11.4 Å². The van der Waals surface area contributed by atoms with Crippen molar-refractivity contribution in [3.05, 3.63) is 88.3 Å². The highest BCUT2D eigenvalue weighted by Gasteiger charge is 2.28. The molecule has 0 N–H and O–H groups in total. The van der Waals surface area contributed by atoms with Crippen molar-refractivity contribution in [3.8, 4) is 11.1 Å². The van der Waals surface area contributed by atoms with Gasteiger partial charge in [0.05, 0.1) is 17.5 Å². The second kappa shape index (κ2) is 6.43. The number of Topliss-reactive ketones (excluding diaryl/α,β-unsaturated/α-hetero) is 1. The van der Waals surface area contributed by atoms with Gasteiger partial charge in [-0.25, -0.2) is 9.50 Å². The number of ketones is 1. The number of hydrogen-bond acceptors (Lipinski definition) is 3. The standard InChI is InChI=1S/C22H16BrN3O/c23-17-8-6-15(7-9-17)18-12-24-26-13-19-20(25-22(18)26)10-16(11-21(19)27)14-4-2-1-3-5-14/h1-9,12-13,16H,10-11H2. The maximum atomic E-state index is 12.7. The van der Waals surface area contributed by atoms with Crippen LogP contribution in [0.2, 0.25) is 0 Å². The summed E-state index contributed by atoms with van der Waals surface area (Å²) in [6.07, 6.45) is 4.94. The minimum Gasteiger partial charge on any atom is -0.294 e. The summed E-state index contributed by atoms with van der Waals surface area (Å²) < 4.78 is 2.75. The van der Waals surface area contributed by atoms with Gasteiger partial charge in [-0.1, -0.05) is 58.4 Å². The Labute approximate surface area is 165 Å². The summed E-state index contributed by atoms with van der Waals surface area (Å²) in [5.41, 5.74) is 5.57. The van der Waals surface area contributed by atoms with Crippen LogP contribution in [-0.2, 0) is 6.42 Å². The predicted molar refractivity (Wildman–Crippen MR) is 108 cm³/mol. The van der Waals surface area contributed by atoms with Crippen LogP contribution in [0, 0.1) is 0 Å². The molecule has 1 atom stereocenters. The molecule has 0 saturated carbocycles. The maximum absolute atomic E-state index is 12.7. The number of hydrogen-bond donors (Lipinski definition) is 0. The molecule has 27 heavy (non-hydrogen) atoms. The van der Waals surface area contributed by atoms with Crippen LogP contribution in [0.3, 0.4) is 0 Å². The minimum absolute atomic E-state index is 0.139. The summed E-state index contributed by atoms with van der Waals surface area (Å²) >= 11 is 3.47. The molecule has 5 heteroatoms. The highest BCUT2D eigenvalue weighted by Crippen LogP contribution is 2.33. The van der Waals surface area contributed by atoms with Crippen molar-refractivity contribution in [1.82, 2.24) is 14.6 Å². The van der Waals surface area contributed by atoms with Gasteiger partial charge in [-0.2, -0.15) is 5.10 Å². The van der Waals surface area contributed by atoms with Crippen molar-refractivity contribution in [3.63, 3.8) is 0 Å². The molecule has 5 rings (SSSR count). The van der Waals surface area contributed by atoms with Gasteiger partial charge in [-0.15, -0.1) is 0 Å². The fourth-order valence-electron chi connectivity index (χ4n) is 3.77. The van der Waals surface area contributed by atoms with Crippen molar-refractivity contribution in [1.29, 1.82) is 0 Å². The van der Waals surface area contributed by atoms with Gasteiger partial charge in [0.1, 0.15) is 0 Å². The molecule has 0 spiro atoms. The average molecular weight is 418 g/mol. The van der Waals surface area contributed by atoms with Gasteiger partial charge >= 0.3 is 0 Å². The third-order valence-corrected chi connectivity index (χ3v) is 5.70. The molecule has 4 aromatic rings. The van der Waals surface area contributed by atoms with E-state index in [9.17, 15) is 4.79 Å². The summed E-state index contributed by atoms with van der Waals surface area (Å²) in [5, 5.41) is 4.43. The molecule has 2 aromatic heterocycles. The summed E-state index contributed by atoms with van der Waals surface area (Å²) in [5.74, 6) is 0.320. The molecule has 132 valence electrons. The van der Waals surface area contributed by atoms with Crippen LogP contribution < -0.4 is 0 Å². The van der Waals surface area contributed by atoms with Gasteiger partial charge in [-0.05, 0) is 35.6 Å². The number of rotatable bonds is 2. The Morgan fingerprint density at radius 1 is 0.963 bits per heavy atom. The Morgan fingerprint density at radius 3 is 2.52 bits per heavy atom. The Kier molecular flexibility index (Phi) is 3.90. The van der Waals surface area contributed by atoms with Crippen LogP contribution in [0.5, 0.6) is 0 Å². The number of carbonyl (C=O) groups excluding carboxylic acids is 1. The summed E-state index contributed by atoms with van der Waals surface area (Å²) in [7, 11) is 0. The zero-order valence-electron chi connectivity index (χ0n) is 14.5. The van der Waals surface area contributed by atoms with Crippen molar-refractivity contribution >= 4 is 27.4 Å². The van der Waals surface area contributed by atoms with Crippen molar-refractivity contribution < 1.29 is 4.79 Å². The third kappa shape index (κ3) is 2.88. The first-order valence-electron chi connectivity index (χ1n) is 8.90. The lowest BCUT2D eigenvalue weighted by Gasteiger charge is -2.23. The molecule has 0 bridgehead atoms. The lowest BCUT2D eigenvalue weighted by atomic mass is 9.82. The van der Waals surface area contributed by atoms with Gasteiger partial charge in [0, 0.05) is 22.7 Å². The molecule has 0 saturated heterocycles. The van der Waals surface area contributed by atoms with Crippen LogP contribution in [0.25, 0.3) is 16.8 Å². The van der Waals surface area contributed by atoms with Gasteiger partial charge < -0.3 is 0 Å². The normalized spacial score (nSPS) is 16.5. The molecule has 1 aliphatic rings. The van der Waals surface area contributed by atoms with Crippen LogP contribution in [-0.4, -0.2) is 20.4 Å². The fourth-order valence-corrected chi connectivity index (χ4v) is 4.03. The summed E-state index contributed by atoms with van der Waals surface area (Å²) in [6, 6.07) is 18.3. The first-order valence-corrected chi connectivity index (χ1v) is 9.70. The van der Waals surface area contributed by atoms with E-state index in [1.54, 1.807) is 4.52 Å². The van der Waals surface area contributed by atoms with Gasteiger partial charge in [-0.3, -0.25) is 4.79 Å². The molecule has 0 amide bonds. The van der Waals surface area contributed by atoms with E-state index in [0.29, 0.717) is 12.0 Å². The van der Waals surface area contributed by atoms with Gasteiger partial charge in [0.25, 0.3) is 0 Å².